The van der Waals surface area contributed by atoms with Gasteiger partial charge in [-0.15, -0.1) is 0 Å². The predicted molar refractivity (Wildman–Crippen MR) is 110 cm³/mol. The molecule has 3 amide bonds. The van der Waals surface area contributed by atoms with Crippen molar-refractivity contribution in [2.24, 2.45) is 0 Å². The molecule has 1 atom stereocenters. The zero-order chi connectivity index (χ0) is 20.4. The summed E-state index contributed by atoms with van der Waals surface area (Å²) in [5.41, 5.74) is 0.779. The van der Waals surface area contributed by atoms with Gasteiger partial charge in [-0.3, -0.25) is 9.69 Å². The second kappa shape index (κ2) is 8.75. The second-order valence-electron chi connectivity index (χ2n) is 8.08. The van der Waals surface area contributed by atoms with Gasteiger partial charge in [-0.2, -0.15) is 0 Å². The van der Waals surface area contributed by atoms with Crippen molar-refractivity contribution in [2.75, 3.05) is 50.7 Å². The fourth-order valence-corrected chi connectivity index (χ4v) is 3.99. The van der Waals surface area contributed by atoms with Crippen LogP contribution in [0.3, 0.4) is 0 Å². The van der Waals surface area contributed by atoms with Crippen molar-refractivity contribution < 1.29 is 14.0 Å². The van der Waals surface area contributed by atoms with E-state index < -0.39 is 5.82 Å². The van der Waals surface area contributed by atoms with Gasteiger partial charge in [0.05, 0.1) is 11.6 Å². The molecule has 0 bridgehead atoms. The summed E-state index contributed by atoms with van der Waals surface area (Å²) in [6.45, 7) is 4.44. The number of rotatable bonds is 5. The molecule has 0 aromatic heterocycles. The summed E-state index contributed by atoms with van der Waals surface area (Å²) >= 11 is 5.75. The number of carbonyl (C=O) groups excluding carboxylic acids is 2. The standard InChI is InChI=1S/C20H27ClFN5O2/c21-17-4-3-16(11-18(17)22)27-6-5-15(12-27)24-20(29)26-9-7-25(8-10-26)13-19(28)23-14-1-2-14/h3-4,11,14-15H,1-2,5-10,12-13H2,(H,23,28)(H,24,29). The molecule has 2 heterocycles. The molecule has 158 valence electrons. The summed E-state index contributed by atoms with van der Waals surface area (Å²) in [5.74, 6) is -0.351. The average Bonchev–Trinajstić information content (AvgIpc) is 3.39. The molecule has 3 fully saturated rings. The molecular weight excluding hydrogens is 397 g/mol. The van der Waals surface area contributed by atoms with Gasteiger partial charge in [-0.05, 0) is 37.5 Å². The molecule has 1 aliphatic carbocycles. The van der Waals surface area contributed by atoms with Crippen molar-refractivity contribution in [3.8, 4) is 0 Å². The summed E-state index contributed by atoms with van der Waals surface area (Å²) in [4.78, 5) is 30.5. The molecular formula is C20H27ClFN5O2. The predicted octanol–water partition coefficient (Wildman–Crippen LogP) is 1.66. The van der Waals surface area contributed by atoms with Crippen LogP contribution >= 0.6 is 11.6 Å². The number of piperazine rings is 1. The van der Waals surface area contributed by atoms with E-state index in [2.05, 4.69) is 20.4 Å². The topological polar surface area (TPSA) is 67.9 Å². The quantitative estimate of drug-likeness (QED) is 0.756. The average molecular weight is 424 g/mol. The molecule has 1 unspecified atom stereocenters. The summed E-state index contributed by atoms with van der Waals surface area (Å²) in [7, 11) is 0. The van der Waals surface area contributed by atoms with Crippen molar-refractivity contribution in [3.63, 3.8) is 0 Å². The Labute approximate surface area is 175 Å². The molecule has 1 aromatic rings. The van der Waals surface area contributed by atoms with Crippen molar-refractivity contribution in [3.05, 3.63) is 29.0 Å². The minimum atomic E-state index is -0.430. The largest absolute Gasteiger partial charge is 0.369 e. The number of amides is 3. The Hall–Kier alpha value is -2.06. The highest BCUT2D eigenvalue weighted by molar-refractivity contribution is 6.30. The summed E-state index contributed by atoms with van der Waals surface area (Å²) in [5, 5.41) is 6.20. The Bertz CT molecular complexity index is 767. The smallest absolute Gasteiger partial charge is 0.317 e. The molecule has 4 rings (SSSR count). The third-order valence-electron chi connectivity index (χ3n) is 5.75. The lowest BCUT2D eigenvalue weighted by molar-refractivity contribution is -0.122. The first-order valence-corrected chi connectivity index (χ1v) is 10.6. The van der Waals surface area contributed by atoms with E-state index in [4.69, 9.17) is 11.6 Å². The zero-order valence-corrected chi connectivity index (χ0v) is 17.1. The number of halogens is 2. The fourth-order valence-electron chi connectivity index (χ4n) is 3.87. The first-order valence-electron chi connectivity index (χ1n) is 10.2. The number of nitrogens with zero attached hydrogens (tertiary/aromatic N) is 3. The van der Waals surface area contributed by atoms with E-state index in [9.17, 15) is 14.0 Å². The van der Waals surface area contributed by atoms with Crippen LogP contribution in [0.5, 0.6) is 0 Å². The van der Waals surface area contributed by atoms with E-state index in [-0.39, 0.29) is 23.0 Å². The number of benzene rings is 1. The first-order chi connectivity index (χ1) is 14.0. The van der Waals surface area contributed by atoms with Crippen LogP contribution in [0.2, 0.25) is 5.02 Å². The Kier molecular flexibility index (Phi) is 6.10. The molecule has 2 N–H and O–H groups in total. The molecule has 9 heteroatoms. The summed E-state index contributed by atoms with van der Waals surface area (Å²) < 4.78 is 13.7. The van der Waals surface area contributed by atoms with Gasteiger partial charge in [0, 0.05) is 57.0 Å². The Morgan fingerprint density at radius 3 is 2.48 bits per heavy atom. The molecule has 1 saturated carbocycles. The van der Waals surface area contributed by atoms with Gasteiger partial charge in [0.25, 0.3) is 0 Å². The Morgan fingerprint density at radius 2 is 1.79 bits per heavy atom. The van der Waals surface area contributed by atoms with Crippen LogP contribution in [0.1, 0.15) is 19.3 Å². The number of urea groups is 1. The van der Waals surface area contributed by atoms with Crippen LogP contribution in [0.15, 0.2) is 18.2 Å². The van der Waals surface area contributed by atoms with Crippen LogP contribution in [-0.4, -0.2) is 79.6 Å². The third kappa shape index (κ3) is 5.30. The Balaban J connectivity index is 1.20. The van der Waals surface area contributed by atoms with E-state index in [0.717, 1.165) is 31.5 Å². The van der Waals surface area contributed by atoms with Gasteiger partial charge >= 0.3 is 6.03 Å². The lowest BCUT2D eigenvalue weighted by Gasteiger charge is -2.34. The molecule has 3 aliphatic rings. The van der Waals surface area contributed by atoms with E-state index >= 15 is 0 Å². The van der Waals surface area contributed by atoms with E-state index in [0.29, 0.717) is 45.3 Å². The molecule has 2 saturated heterocycles. The first kappa shape index (κ1) is 20.2. The number of anilines is 1. The Morgan fingerprint density at radius 1 is 1.03 bits per heavy atom. The fraction of sp³-hybridized carbons (Fsp3) is 0.600. The maximum absolute atomic E-state index is 13.7. The highest BCUT2D eigenvalue weighted by Gasteiger charge is 2.29. The van der Waals surface area contributed by atoms with Gasteiger partial charge < -0.3 is 20.4 Å². The third-order valence-corrected chi connectivity index (χ3v) is 6.06. The summed E-state index contributed by atoms with van der Waals surface area (Å²) in [6.07, 6.45) is 2.99. The molecule has 2 aliphatic heterocycles. The molecule has 0 radical (unpaired) electrons. The molecule has 7 nitrogen and oxygen atoms in total. The van der Waals surface area contributed by atoms with Crippen molar-refractivity contribution >= 4 is 29.2 Å². The second-order valence-corrected chi connectivity index (χ2v) is 8.49. The van der Waals surface area contributed by atoms with E-state index in [1.54, 1.807) is 17.0 Å². The highest BCUT2D eigenvalue weighted by Crippen LogP contribution is 2.25. The summed E-state index contributed by atoms with van der Waals surface area (Å²) in [6, 6.07) is 5.14. The van der Waals surface area contributed by atoms with Crippen LogP contribution in [-0.2, 0) is 4.79 Å². The highest BCUT2D eigenvalue weighted by atomic mass is 35.5. The number of nitrogens with one attached hydrogen (secondary N) is 2. The van der Waals surface area contributed by atoms with E-state index in [1.165, 1.54) is 6.07 Å². The minimum absolute atomic E-state index is 0.0311. The lowest BCUT2D eigenvalue weighted by Crippen LogP contribution is -2.55. The maximum Gasteiger partial charge on any atom is 0.317 e. The molecule has 29 heavy (non-hydrogen) atoms. The lowest BCUT2D eigenvalue weighted by atomic mass is 10.2. The van der Waals surface area contributed by atoms with Gasteiger partial charge in [0.1, 0.15) is 5.82 Å². The maximum atomic E-state index is 13.7. The van der Waals surface area contributed by atoms with Crippen LogP contribution in [0.25, 0.3) is 0 Å². The number of hydrogen-bond donors (Lipinski definition) is 2. The van der Waals surface area contributed by atoms with Crippen LogP contribution in [0, 0.1) is 5.82 Å². The van der Waals surface area contributed by atoms with Crippen LogP contribution in [0.4, 0.5) is 14.9 Å². The number of hydrogen-bond acceptors (Lipinski definition) is 4. The zero-order valence-electron chi connectivity index (χ0n) is 16.4. The monoisotopic (exact) mass is 423 g/mol. The number of carbonyl (C=O) groups is 2. The van der Waals surface area contributed by atoms with Gasteiger partial charge in [0.15, 0.2) is 0 Å². The van der Waals surface area contributed by atoms with Gasteiger partial charge in [-0.1, -0.05) is 11.6 Å². The SMILES string of the molecule is O=C(CN1CCN(C(=O)NC2CCN(c3ccc(Cl)c(F)c3)C2)CC1)NC1CC1. The molecule has 0 spiro atoms. The normalized spacial score (nSPS) is 22.6. The van der Waals surface area contributed by atoms with Crippen LogP contribution < -0.4 is 15.5 Å². The van der Waals surface area contributed by atoms with Gasteiger partial charge in [0.2, 0.25) is 5.91 Å². The van der Waals surface area contributed by atoms with E-state index in [1.807, 2.05) is 0 Å². The van der Waals surface area contributed by atoms with Crippen molar-refractivity contribution in [1.29, 1.82) is 0 Å². The van der Waals surface area contributed by atoms with Crippen molar-refractivity contribution in [1.82, 2.24) is 20.4 Å². The van der Waals surface area contributed by atoms with Crippen molar-refractivity contribution in [2.45, 2.75) is 31.3 Å². The van der Waals surface area contributed by atoms with Gasteiger partial charge in [-0.25, -0.2) is 9.18 Å². The molecule has 1 aromatic carbocycles. The minimum Gasteiger partial charge on any atom is -0.369 e.